The van der Waals surface area contributed by atoms with E-state index in [0.717, 1.165) is 24.0 Å². The normalized spacial score (nSPS) is 18.7. The SMILES string of the molecule is Cc1cc(NC(=O)[C@@H]2CCCC[C@@H]2C(=O)O)ccc1NC(=O)Cc1ccccc1. The van der Waals surface area contributed by atoms with E-state index in [9.17, 15) is 19.5 Å². The molecule has 2 amide bonds. The number of aliphatic carboxylic acids is 1. The molecule has 0 unspecified atom stereocenters. The van der Waals surface area contributed by atoms with Crippen LogP contribution in [0.4, 0.5) is 11.4 Å². The van der Waals surface area contributed by atoms with Crippen LogP contribution in [0.1, 0.15) is 36.8 Å². The lowest BCUT2D eigenvalue weighted by Gasteiger charge is -2.27. The summed E-state index contributed by atoms with van der Waals surface area (Å²) >= 11 is 0. The van der Waals surface area contributed by atoms with Crippen molar-refractivity contribution in [2.24, 2.45) is 11.8 Å². The Morgan fingerprint density at radius 2 is 1.66 bits per heavy atom. The fraction of sp³-hybridized carbons (Fsp3) is 0.348. The van der Waals surface area contributed by atoms with Gasteiger partial charge >= 0.3 is 5.97 Å². The first-order valence-electron chi connectivity index (χ1n) is 9.92. The van der Waals surface area contributed by atoms with Gasteiger partial charge in [0.2, 0.25) is 11.8 Å². The number of carboxylic acid groups (broad SMARTS) is 1. The van der Waals surface area contributed by atoms with E-state index in [1.165, 1.54) is 0 Å². The van der Waals surface area contributed by atoms with Crippen molar-refractivity contribution in [2.75, 3.05) is 10.6 Å². The highest BCUT2D eigenvalue weighted by Crippen LogP contribution is 2.31. The third-order valence-corrected chi connectivity index (χ3v) is 5.40. The lowest BCUT2D eigenvalue weighted by atomic mass is 9.78. The molecule has 29 heavy (non-hydrogen) atoms. The van der Waals surface area contributed by atoms with Crippen LogP contribution in [0, 0.1) is 18.8 Å². The number of carbonyl (C=O) groups is 3. The fourth-order valence-electron chi connectivity index (χ4n) is 3.83. The molecule has 0 heterocycles. The molecule has 6 heteroatoms. The number of anilines is 2. The largest absolute Gasteiger partial charge is 0.481 e. The van der Waals surface area contributed by atoms with Crippen LogP contribution < -0.4 is 10.6 Å². The topological polar surface area (TPSA) is 95.5 Å². The summed E-state index contributed by atoms with van der Waals surface area (Å²) in [5.41, 5.74) is 3.04. The van der Waals surface area contributed by atoms with Gasteiger partial charge in [0, 0.05) is 11.4 Å². The van der Waals surface area contributed by atoms with E-state index in [0.29, 0.717) is 24.2 Å². The van der Waals surface area contributed by atoms with E-state index in [-0.39, 0.29) is 18.2 Å². The summed E-state index contributed by atoms with van der Waals surface area (Å²) in [5, 5.41) is 15.1. The Morgan fingerprint density at radius 1 is 0.966 bits per heavy atom. The zero-order chi connectivity index (χ0) is 20.8. The second kappa shape index (κ2) is 9.37. The van der Waals surface area contributed by atoms with Crippen molar-refractivity contribution >= 4 is 29.2 Å². The number of nitrogens with one attached hydrogen (secondary N) is 2. The summed E-state index contributed by atoms with van der Waals surface area (Å²) in [6, 6.07) is 14.8. The van der Waals surface area contributed by atoms with Gasteiger partial charge in [-0.1, -0.05) is 43.2 Å². The van der Waals surface area contributed by atoms with Crippen molar-refractivity contribution in [3.8, 4) is 0 Å². The van der Waals surface area contributed by atoms with Gasteiger partial charge in [0.05, 0.1) is 18.3 Å². The van der Waals surface area contributed by atoms with Crippen molar-refractivity contribution in [1.29, 1.82) is 0 Å². The predicted octanol–water partition coefficient (Wildman–Crippen LogP) is 4.01. The molecule has 1 saturated carbocycles. The number of amides is 2. The Bertz CT molecular complexity index is 895. The predicted molar refractivity (Wildman–Crippen MR) is 112 cm³/mol. The van der Waals surface area contributed by atoms with E-state index >= 15 is 0 Å². The molecule has 0 radical (unpaired) electrons. The number of aryl methyl sites for hydroxylation is 1. The highest BCUT2D eigenvalue weighted by Gasteiger charge is 2.35. The summed E-state index contributed by atoms with van der Waals surface area (Å²) < 4.78 is 0. The first kappa shape index (κ1) is 20.6. The van der Waals surface area contributed by atoms with Crippen LogP contribution in [0.2, 0.25) is 0 Å². The highest BCUT2D eigenvalue weighted by atomic mass is 16.4. The van der Waals surface area contributed by atoms with Crippen LogP contribution >= 0.6 is 0 Å². The molecule has 2 atom stereocenters. The number of benzene rings is 2. The third kappa shape index (κ3) is 5.44. The Balaban J connectivity index is 1.62. The molecule has 152 valence electrons. The van der Waals surface area contributed by atoms with Gasteiger partial charge in [0.15, 0.2) is 0 Å². The Hall–Kier alpha value is -3.15. The van der Waals surface area contributed by atoms with Crippen LogP contribution in [-0.2, 0) is 20.8 Å². The molecule has 0 spiro atoms. The second-order valence-electron chi connectivity index (χ2n) is 7.57. The fourth-order valence-corrected chi connectivity index (χ4v) is 3.83. The summed E-state index contributed by atoms with van der Waals surface area (Å²) in [4.78, 5) is 36.3. The molecule has 0 bridgehead atoms. The monoisotopic (exact) mass is 394 g/mol. The zero-order valence-electron chi connectivity index (χ0n) is 16.5. The molecule has 1 aliphatic rings. The van der Waals surface area contributed by atoms with Gasteiger partial charge in [-0.15, -0.1) is 0 Å². The van der Waals surface area contributed by atoms with E-state index in [2.05, 4.69) is 10.6 Å². The van der Waals surface area contributed by atoms with E-state index in [4.69, 9.17) is 0 Å². The van der Waals surface area contributed by atoms with Gasteiger partial charge in [-0.25, -0.2) is 0 Å². The minimum Gasteiger partial charge on any atom is -0.481 e. The molecular formula is C23H26N2O4. The molecular weight excluding hydrogens is 368 g/mol. The van der Waals surface area contributed by atoms with Crippen LogP contribution in [-0.4, -0.2) is 22.9 Å². The molecule has 0 aliphatic heterocycles. The minimum absolute atomic E-state index is 0.109. The lowest BCUT2D eigenvalue weighted by molar-refractivity contribution is -0.147. The summed E-state index contributed by atoms with van der Waals surface area (Å²) in [7, 11) is 0. The number of hydrogen-bond acceptors (Lipinski definition) is 3. The maximum atomic E-state index is 12.6. The molecule has 3 N–H and O–H groups in total. The van der Waals surface area contributed by atoms with Crippen molar-refractivity contribution in [2.45, 2.75) is 39.0 Å². The smallest absolute Gasteiger partial charge is 0.307 e. The molecule has 2 aromatic carbocycles. The Kier molecular flexibility index (Phi) is 6.65. The zero-order valence-corrected chi connectivity index (χ0v) is 16.5. The summed E-state index contributed by atoms with van der Waals surface area (Å²) in [5.74, 6) is -2.40. The van der Waals surface area contributed by atoms with E-state index in [1.807, 2.05) is 37.3 Å². The third-order valence-electron chi connectivity index (χ3n) is 5.40. The lowest BCUT2D eigenvalue weighted by Crippen LogP contribution is -2.36. The molecule has 1 fully saturated rings. The Labute approximate surface area is 170 Å². The maximum absolute atomic E-state index is 12.6. The number of hydrogen-bond donors (Lipinski definition) is 3. The number of carbonyl (C=O) groups excluding carboxylic acids is 2. The molecule has 1 aliphatic carbocycles. The molecule has 2 aromatic rings. The van der Waals surface area contributed by atoms with E-state index < -0.39 is 17.8 Å². The van der Waals surface area contributed by atoms with Crippen LogP contribution in [0.3, 0.4) is 0 Å². The molecule has 0 saturated heterocycles. The quantitative estimate of drug-likeness (QED) is 0.690. The summed E-state index contributed by atoms with van der Waals surface area (Å²) in [6.07, 6.45) is 3.13. The average molecular weight is 394 g/mol. The van der Waals surface area contributed by atoms with Gasteiger partial charge in [-0.05, 0) is 49.1 Å². The van der Waals surface area contributed by atoms with Crippen molar-refractivity contribution < 1.29 is 19.5 Å². The number of rotatable bonds is 6. The van der Waals surface area contributed by atoms with Gasteiger partial charge < -0.3 is 15.7 Å². The minimum atomic E-state index is -0.905. The van der Waals surface area contributed by atoms with Gasteiger partial charge in [0.25, 0.3) is 0 Å². The first-order valence-corrected chi connectivity index (χ1v) is 9.92. The first-order chi connectivity index (χ1) is 13.9. The molecule has 3 rings (SSSR count). The van der Waals surface area contributed by atoms with E-state index in [1.54, 1.807) is 18.2 Å². The second-order valence-corrected chi connectivity index (χ2v) is 7.57. The standard InChI is InChI=1S/C23H26N2O4/c1-15-13-17(24-22(27)18-9-5-6-10-19(18)23(28)29)11-12-20(15)25-21(26)14-16-7-3-2-4-8-16/h2-4,7-8,11-13,18-19H,5-6,9-10,14H2,1H3,(H,24,27)(H,25,26)(H,28,29)/t18-,19+/m1/s1. The molecule has 6 nitrogen and oxygen atoms in total. The maximum Gasteiger partial charge on any atom is 0.307 e. The van der Waals surface area contributed by atoms with Crippen molar-refractivity contribution in [1.82, 2.24) is 0 Å². The van der Waals surface area contributed by atoms with Crippen LogP contribution in [0.25, 0.3) is 0 Å². The van der Waals surface area contributed by atoms with Crippen molar-refractivity contribution in [3.05, 3.63) is 59.7 Å². The van der Waals surface area contributed by atoms with Gasteiger partial charge in [-0.3, -0.25) is 14.4 Å². The number of carboxylic acids is 1. The van der Waals surface area contributed by atoms with Crippen LogP contribution in [0.5, 0.6) is 0 Å². The average Bonchev–Trinajstić information content (AvgIpc) is 2.70. The highest BCUT2D eigenvalue weighted by molar-refractivity contribution is 5.96. The Morgan fingerprint density at radius 3 is 2.31 bits per heavy atom. The summed E-state index contributed by atoms with van der Waals surface area (Å²) in [6.45, 7) is 1.86. The van der Waals surface area contributed by atoms with Gasteiger partial charge in [0.1, 0.15) is 0 Å². The van der Waals surface area contributed by atoms with Crippen molar-refractivity contribution in [3.63, 3.8) is 0 Å². The van der Waals surface area contributed by atoms with Crippen LogP contribution in [0.15, 0.2) is 48.5 Å². The molecule has 0 aromatic heterocycles. The van der Waals surface area contributed by atoms with Gasteiger partial charge in [-0.2, -0.15) is 0 Å².